The first-order valence-corrected chi connectivity index (χ1v) is 7.44. The zero-order chi connectivity index (χ0) is 13.2. The molecule has 5 heteroatoms. The average molecular weight is 287 g/mol. The lowest BCUT2D eigenvalue weighted by atomic mass is 10.3. The van der Waals surface area contributed by atoms with Gasteiger partial charge in [0.2, 0.25) is 0 Å². The van der Waals surface area contributed by atoms with Gasteiger partial charge in [-0.25, -0.2) is 0 Å². The predicted octanol–water partition coefficient (Wildman–Crippen LogP) is 3.53. The van der Waals surface area contributed by atoms with Gasteiger partial charge < -0.3 is 4.74 Å². The number of hydrogen-bond donors (Lipinski definition) is 0. The minimum absolute atomic E-state index is 0.544. The Hall–Kier alpha value is -0.710. The van der Waals surface area contributed by atoms with Gasteiger partial charge in [-0.1, -0.05) is 18.5 Å². The summed E-state index contributed by atoms with van der Waals surface area (Å²) in [5.74, 6) is 2.17. The number of anilines is 1. The molecule has 0 N–H and O–H groups in total. The lowest BCUT2D eigenvalue weighted by Gasteiger charge is -2.12. The van der Waals surface area contributed by atoms with E-state index in [1.165, 1.54) is 0 Å². The van der Waals surface area contributed by atoms with E-state index in [0.29, 0.717) is 6.61 Å². The number of ether oxygens (including phenoxy) is 1. The predicted molar refractivity (Wildman–Crippen MR) is 82.2 cm³/mol. The van der Waals surface area contributed by atoms with Crippen molar-refractivity contribution >= 4 is 35.3 Å². The van der Waals surface area contributed by atoms with Crippen LogP contribution >= 0.6 is 23.4 Å². The molecule has 0 aliphatic heterocycles. The van der Waals surface area contributed by atoms with Crippen LogP contribution in [0.15, 0.2) is 29.4 Å². The van der Waals surface area contributed by atoms with E-state index in [1.807, 2.05) is 43.1 Å². The molecule has 1 aromatic rings. The van der Waals surface area contributed by atoms with Crippen molar-refractivity contribution in [2.45, 2.75) is 6.92 Å². The molecule has 0 aliphatic carbocycles. The van der Waals surface area contributed by atoms with E-state index in [-0.39, 0.29) is 0 Å². The Labute approximate surface area is 118 Å². The third-order valence-electron chi connectivity index (χ3n) is 2.22. The first kappa shape index (κ1) is 15.3. The number of hydrogen-bond acceptors (Lipinski definition) is 4. The standard InChI is InChI=1S/C13H19ClN2OS/c1-3-18-11-10-17-9-8-15-16(2)13-6-4-12(14)5-7-13/h4-8H,3,9-11H2,1-2H3. The highest BCUT2D eigenvalue weighted by atomic mass is 35.5. The summed E-state index contributed by atoms with van der Waals surface area (Å²) in [6, 6.07) is 7.56. The molecule has 0 fully saturated rings. The summed E-state index contributed by atoms with van der Waals surface area (Å²) in [5, 5.41) is 6.80. The van der Waals surface area contributed by atoms with Crippen LogP contribution in [0.2, 0.25) is 5.02 Å². The van der Waals surface area contributed by atoms with Gasteiger partial charge in [0.15, 0.2) is 0 Å². The second kappa shape index (κ2) is 9.25. The molecule has 0 bridgehead atoms. The number of benzene rings is 1. The fourth-order valence-electron chi connectivity index (χ4n) is 1.28. The Kier molecular flexibility index (Phi) is 7.89. The Morgan fingerprint density at radius 1 is 1.39 bits per heavy atom. The third kappa shape index (κ3) is 6.28. The van der Waals surface area contributed by atoms with Gasteiger partial charge >= 0.3 is 0 Å². The summed E-state index contributed by atoms with van der Waals surface area (Å²) >= 11 is 7.70. The highest BCUT2D eigenvalue weighted by Crippen LogP contribution is 2.16. The monoisotopic (exact) mass is 286 g/mol. The van der Waals surface area contributed by atoms with Crippen molar-refractivity contribution in [2.75, 3.05) is 36.8 Å². The maximum atomic E-state index is 5.82. The van der Waals surface area contributed by atoms with Gasteiger partial charge in [0, 0.05) is 17.8 Å². The maximum absolute atomic E-state index is 5.82. The van der Waals surface area contributed by atoms with Crippen LogP contribution < -0.4 is 5.01 Å². The second-order valence-electron chi connectivity index (χ2n) is 3.57. The Morgan fingerprint density at radius 3 is 2.78 bits per heavy atom. The number of thioether (sulfide) groups is 1. The Balaban J connectivity index is 2.23. The number of hydrazone groups is 1. The molecule has 0 amide bonds. The zero-order valence-corrected chi connectivity index (χ0v) is 12.4. The minimum atomic E-state index is 0.544. The Morgan fingerprint density at radius 2 is 2.11 bits per heavy atom. The van der Waals surface area contributed by atoms with Crippen molar-refractivity contribution in [1.82, 2.24) is 0 Å². The molecule has 0 aliphatic rings. The molecule has 0 saturated carbocycles. The molecule has 0 heterocycles. The van der Waals surface area contributed by atoms with Gasteiger partial charge in [0.25, 0.3) is 0 Å². The summed E-state index contributed by atoms with van der Waals surface area (Å²) in [6.45, 7) is 3.46. The van der Waals surface area contributed by atoms with Gasteiger partial charge in [0.05, 0.1) is 25.1 Å². The molecule has 100 valence electrons. The van der Waals surface area contributed by atoms with Crippen LogP contribution in [0.25, 0.3) is 0 Å². The van der Waals surface area contributed by atoms with Crippen LogP contribution in [0.1, 0.15) is 6.92 Å². The smallest absolute Gasteiger partial charge is 0.0836 e. The molecule has 0 radical (unpaired) electrons. The Bertz CT molecular complexity index is 357. The molecule has 18 heavy (non-hydrogen) atoms. The van der Waals surface area contributed by atoms with Crippen molar-refractivity contribution in [3.8, 4) is 0 Å². The molecule has 0 spiro atoms. The molecule has 0 unspecified atom stereocenters. The van der Waals surface area contributed by atoms with Gasteiger partial charge in [0.1, 0.15) is 0 Å². The minimum Gasteiger partial charge on any atom is -0.375 e. The van der Waals surface area contributed by atoms with Crippen LogP contribution in [0.4, 0.5) is 5.69 Å². The SMILES string of the molecule is CCSCCOCC=NN(C)c1ccc(Cl)cc1. The summed E-state index contributed by atoms with van der Waals surface area (Å²) in [7, 11) is 1.90. The van der Waals surface area contributed by atoms with E-state index in [4.69, 9.17) is 16.3 Å². The van der Waals surface area contributed by atoms with Crippen LogP contribution in [0.5, 0.6) is 0 Å². The molecule has 1 rings (SSSR count). The van der Waals surface area contributed by atoms with Crippen molar-refractivity contribution in [3.63, 3.8) is 0 Å². The van der Waals surface area contributed by atoms with Crippen molar-refractivity contribution < 1.29 is 4.74 Å². The zero-order valence-electron chi connectivity index (χ0n) is 10.8. The highest BCUT2D eigenvalue weighted by Gasteiger charge is 1.96. The van der Waals surface area contributed by atoms with Crippen LogP contribution in [-0.2, 0) is 4.74 Å². The van der Waals surface area contributed by atoms with E-state index in [9.17, 15) is 0 Å². The summed E-state index contributed by atoms with van der Waals surface area (Å²) in [6.07, 6.45) is 1.77. The molecule has 0 saturated heterocycles. The summed E-state index contributed by atoms with van der Waals surface area (Å²) in [4.78, 5) is 0. The average Bonchev–Trinajstić information content (AvgIpc) is 2.38. The first-order chi connectivity index (χ1) is 8.74. The van der Waals surface area contributed by atoms with E-state index >= 15 is 0 Å². The molecular weight excluding hydrogens is 268 g/mol. The molecule has 0 aromatic heterocycles. The van der Waals surface area contributed by atoms with Crippen LogP contribution in [0.3, 0.4) is 0 Å². The van der Waals surface area contributed by atoms with Crippen LogP contribution in [0, 0.1) is 0 Å². The van der Waals surface area contributed by atoms with E-state index in [1.54, 1.807) is 11.2 Å². The molecule has 0 atom stereocenters. The van der Waals surface area contributed by atoms with Crippen LogP contribution in [-0.4, -0.2) is 38.0 Å². The summed E-state index contributed by atoms with van der Waals surface area (Å²) < 4.78 is 5.42. The highest BCUT2D eigenvalue weighted by molar-refractivity contribution is 7.99. The van der Waals surface area contributed by atoms with Gasteiger partial charge in [-0.15, -0.1) is 0 Å². The lowest BCUT2D eigenvalue weighted by Crippen LogP contribution is -2.10. The van der Waals surface area contributed by atoms with E-state index in [2.05, 4.69) is 12.0 Å². The van der Waals surface area contributed by atoms with Gasteiger partial charge in [-0.2, -0.15) is 16.9 Å². The normalized spacial score (nSPS) is 11.1. The second-order valence-corrected chi connectivity index (χ2v) is 5.40. The van der Waals surface area contributed by atoms with Crippen molar-refractivity contribution in [1.29, 1.82) is 0 Å². The number of halogens is 1. The van der Waals surface area contributed by atoms with E-state index < -0.39 is 0 Å². The number of nitrogens with zero attached hydrogens (tertiary/aromatic N) is 2. The fraction of sp³-hybridized carbons (Fsp3) is 0.462. The maximum Gasteiger partial charge on any atom is 0.0836 e. The first-order valence-electron chi connectivity index (χ1n) is 5.91. The fourth-order valence-corrected chi connectivity index (χ4v) is 1.93. The quantitative estimate of drug-likeness (QED) is 0.415. The number of rotatable bonds is 8. The van der Waals surface area contributed by atoms with Crippen molar-refractivity contribution in [3.05, 3.63) is 29.3 Å². The van der Waals surface area contributed by atoms with Crippen molar-refractivity contribution in [2.24, 2.45) is 5.10 Å². The molecule has 3 nitrogen and oxygen atoms in total. The third-order valence-corrected chi connectivity index (χ3v) is 3.34. The van der Waals surface area contributed by atoms with Gasteiger partial charge in [-0.3, -0.25) is 5.01 Å². The molecule has 1 aromatic carbocycles. The molecular formula is C13H19ClN2OS. The van der Waals surface area contributed by atoms with E-state index in [0.717, 1.165) is 28.8 Å². The topological polar surface area (TPSA) is 24.8 Å². The largest absolute Gasteiger partial charge is 0.375 e. The summed E-state index contributed by atoms with van der Waals surface area (Å²) in [5.41, 5.74) is 0.997. The van der Waals surface area contributed by atoms with Gasteiger partial charge in [-0.05, 0) is 30.0 Å². The lowest BCUT2D eigenvalue weighted by molar-refractivity contribution is 0.192.